The second-order valence-corrected chi connectivity index (χ2v) is 7.41. The molecule has 0 spiro atoms. The van der Waals surface area contributed by atoms with Crippen molar-refractivity contribution in [1.82, 2.24) is 4.72 Å². The standard InChI is InChI=1S/C14H18ClNO6S/c1-8(9-3-4-22-7-9)16-23(19,20)13-6-12(21-2)10(14(17)18)5-11(13)15/h5-6,8-9,16H,3-4,7H2,1-2H3,(H,17,18). The number of nitrogens with one attached hydrogen (secondary N) is 1. The van der Waals surface area contributed by atoms with Gasteiger partial charge in [0.05, 0.1) is 18.7 Å². The van der Waals surface area contributed by atoms with Gasteiger partial charge in [0, 0.05) is 24.6 Å². The number of hydrogen-bond donors (Lipinski definition) is 2. The molecule has 1 aromatic carbocycles. The van der Waals surface area contributed by atoms with E-state index < -0.39 is 16.0 Å². The average molecular weight is 364 g/mol. The van der Waals surface area contributed by atoms with Crippen LogP contribution in [0.3, 0.4) is 0 Å². The SMILES string of the molecule is COc1cc(S(=O)(=O)NC(C)C2CCOC2)c(Cl)cc1C(=O)O. The van der Waals surface area contributed by atoms with E-state index in [2.05, 4.69) is 4.72 Å². The number of carbonyl (C=O) groups is 1. The molecule has 2 unspecified atom stereocenters. The Hall–Kier alpha value is -1.35. The molecule has 0 aliphatic carbocycles. The van der Waals surface area contributed by atoms with Crippen molar-refractivity contribution in [2.75, 3.05) is 20.3 Å². The molecule has 2 atom stereocenters. The molecule has 7 nitrogen and oxygen atoms in total. The van der Waals surface area contributed by atoms with Gasteiger partial charge in [-0.2, -0.15) is 0 Å². The second-order valence-electron chi connectivity index (χ2n) is 5.32. The van der Waals surface area contributed by atoms with Gasteiger partial charge in [0.1, 0.15) is 16.2 Å². The normalized spacial score (nSPS) is 19.5. The summed E-state index contributed by atoms with van der Waals surface area (Å²) in [7, 11) is -2.65. The topological polar surface area (TPSA) is 102 Å². The number of halogens is 1. The zero-order chi connectivity index (χ0) is 17.2. The number of rotatable bonds is 6. The van der Waals surface area contributed by atoms with E-state index in [1.54, 1.807) is 6.92 Å². The van der Waals surface area contributed by atoms with Gasteiger partial charge in [0.15, 0.2) is 0 Å². The van der Waals surface area contributed by atoms with Crippen molar-refractivity contribution >= 4 is 27.6 Å². The molecule has 1 aromatic rings. The quantitative estimate of drug-likeness (QED) is 0.798. The molecular formula is C14H18ClNO6S. The Kier molecular flexibility index (Phi) is 5.51. The minimum absolute atomic E-state index is 0.0703. The molecule has 9 heteroatoms. The number of sulfonamides is 1. The van der Waals surface area contributed by atoms with E-state index in [0.29, 0.717) is 13.2 Å². The molecule has 0 amide bonds. The second kappa shape index (κ2) is 7.04. The lowest BCUT2D eigenvalue weighted by Gasteiger charge is -2.20. The summed E-state index contributed by atoms with van der Waals surface area (Å²) in [6.07, 6.45) is 0.776. The summed E-state index contributed by atoms with van der Waals surface area (Å²) in [5.74, 6) is -1.24. The molecule has 0 bridgehead atoms. The zero-order valence-corrected chi connectivity index (χ0v) is 14.3. The predicted octanol–water partition coefficient (Wildman–Crippen LogP) is 1.75. The molecule has 1 heterocycles. The van der Waals surface area contributed by atoms with E-state index in [-0.39, 0.29) is 33.2 Å². The van der Waals surface area contributed by atoms with Gasteiger partial charge in [-0.05, 0) is 19.4 Å². The molecule has 128 valence electrons. The Bertz CT molecular complexity index is 699. The van der Waals surface area contributed by atoms with Crippen LogP contribution in [0.2, 0.25) is 5.02 Å². The Balaban J connectivity index is 2.33. The van der Waals surface area contributed by atoms with Gasteiger partial charge in [0.2, 0.25) is 10.0 Å². The summed E-state index contributed by atoms with van der Waals surface area (Å²) in [5.41, 5.74) is -0.200. The van der Waals surface area contributed by atoms with Crippen LogP contribution in [0.5, 0.6) is 5.75 Å². The third kappa shape index (κ3) is 3.95. The van der Waals surface area contributed by atoms with E-state index in [1.165, 1.54) is 7.11 Å². The first-order valence-corrected chi connectivity index (χ1v) is 8.83. The minimum atomic E-state index is -3.91. The van der Waals surface area contributed by atoms with Crippen LogP contribution >= 0.6 is 11.6 Å². The first-order valence-electron chi connectivity index (χ1n) is 6.97. The smallest absolute Gasteiger partial charge is 0.339 e. The van der Waals surface area contributed by atoms with Gasteiger partial charge in [-0.25, -0.2) is 17.9 Å². The molecule has 1 aliphatic heterocycles. The van der Waals surface area contributed by atoms with Crippen LogP contribution < -0.4 is 9.46 Å². The summed E-state index contributed by atoms with van der Waals surface area (Å²) in [6.45, 7) is 2.87. The maximum atomic E-state index is 12.5. The van der Waals surface area contributed by atoms with Crippen molar-refractivity contribution in [3.05, 3.63) is 22.7 Å². The molecule has 2 N–H and O–H groups in total. The molecular weight excluding hydrogens is 346 g/mol. The van der Waals surface area contributed by atoms with Gasteiger partial charge in [-0.15, -0.1) is 0 Å². The van der Waals surface area contributed by atoms with E-state index in [0.717, 1.165) is 18.6 Å². The first-order chi connectivity index (χ1) is 10.8. The molecule has 0 aromatic heterocycles. The summed E-state index contributed by atoms with van der Waals surface area (Å²) in [6, 6.07) is 1.86. The minimum Gasteiger partial charge on any atom is -0.496 e. The first kappa shape index (κ1) is 18.0. The Morgan fingerprint density at radius 1 is 1.52 bits per heavy atom. The summed E-state index contributed by atoms with van der Waals surface area (Å²) in [5, 5.41) is 8.91. The highest BCUT2D eigenvalue weighted by Gasteiger charge is 2.29. The highest BCUT2D eigenvalue weighted by Crippen LogP contribution is 2.31. The van der Waals surface area contributed by atoms with Crippen LogP contribution in [0.1, 0.15) is 23.7 Å². The van der Waals surface area contributed by atoms with E-state index in [9.17, 15) is 13.2 Å². The van der Waals surface area contributed by atoms with Crippen LogP contribution in [0, 0.1) is 5.92 Å². The average Bonchev–Trinajstić information content (AvgIpc) is 3.00. The lowest BCUT2D eigenvalue weighted by Crippen LogP contribution is -2.38. The molecule has 1 aliphatic rings. The third-order valence-corrected chi connectivity index (χ3v) is 5.81. The van der Waals surface area contributed by atoms with Crippen molar-refractivity contribution in [1.29, 1.82) is 0 Å². The monoisotopic (exact) mass is 363 g/mol. The lowest BCUT2D eigenvalue weighted by molar-refractivity contribution is 0.0693. The van der Waals surface area contributed by atoms with E-state index in [1.807, 2.05) is 0 Å². The number of hydrogen-bond acceptors (Lipinski definition) is 5. The number of benzene rings is 1. The van der Waals surface area contributed by atoms with Gasteiger partial charge in [-0.1, -0.05) is 11.6 Å². The van der Waals surface area contributed by atoms with Gasteiger partial charge >= 0.3 is 5.97 Å². The summed E-state index contributed by atoms with van der Waals surface area (Å²) < 4.78 is 37.8. The predicted molar refractivity (Wildman–Crippen MR) is 83.7 cm³/mol. The highest BCUT2D eigenvalue weighted by atomic mass is 35.5. The van der Waals surface area contributed by atoms with Crippen molar-refractivity contribution in [2.24, 2.45) is 5.92 Å². The Morgan fingerprint density at radius 3 is 2.74 bits per heavy atom. The van der Waals surface area contributed by atoms with Crippen LogP contribution in [-0.2, 0) is 14.8 Å². The number of methoxy groups -OCH3 is 1. The van der Waals surface area contributed by atoms with E-state index >= 15 is 0 Å². The van der Waals surface area contributed by atoms with Crippen LogP contribution in [-0.4, -0.2) is 45.9 Å². The van der Waals surface area contributed by atoms with Crippen molar-refractivity contribution in [3.8, 4) is 5.75 Å². The van der Waals surface area contributed by atoms with Gasteiger partial charge < -0.3 is 14.6 Å². The summed E-state index contributed by atoms with van der Waals surface area (Å²) >= 11 is 5.97. The van der Waals surface area contributed by atoms with Gasteiger partial charge in [0.25, 0.3) is 0 Å². The van der Waals surface area contributed by atoms with E-state index in [4.69, 9.17) is 26.2 Å². The summed E-state index contributed by atoms with van der Waals surface area (Å²) in [4.78, 5) is 10.9. The number of carboxylic acids is 1. The molecule has 0 radical (unpaired) electrons. The van der Waals surface area contributed by atoms with Crippen LogP contribution in [0.25, 0.3) is 0 Å². The molecule has 1 saturated heterocycles. The maximum absolute atomic E-state index is 12.5. The Labute approximate surface area is 139 Å². The fraction of sp³-hybridized carbons (Fsp3) is 0.500. The maximum Gasteiger partial charge on any atom is 0.339 e. The van der Waals surface area contributed by atoms with Crippen molar-refractivity contribution < 1.29 is 27.8 Å². The fourth-order valence-electron chi connectivity index (χ4n) is 2.43. The lowest BCUT2D eigenvalue weighted by atomic mass is 10.0. The largest absolute Gasteiger partial charge is 0.496 e. The van der Waals surface area contributed by atoms with Gasteiger partial charge in [-0.3, -0.25) is 0 Å². The molecule has 2 rings (SSSR count). The molecule has 1 fully saturated rings. The van der Waals surface area contributed by atoms with Crippen LogP contribution in [0.15, 0.2) is 17.0 Å². The number of ether oxygens (including phenoxy) is 2. The number of carboxylic acid groups (broad SMARTS) is 1. The molecule has 0 saturated carbocycles. The zero-order valence-electron chi connectivity index (χ0n) is 12.7. The fourth-order valence-corrected chi connectivity index (χ4v) is 4.28. The van der Waals surface area contributed by atoms with Crippen LogP contribution in [0.4, 0.5) is 0 Å². The van der Waals surface area contributed by atoms with Crippen molar-refractivity contribution in [2.45, 2.75) is 24.3 Å². The third-order valence-electron chi connectivity index (χ3n) is 3.79. The Morgan fingerprint density at radius 2 is 2.22 bits per heavy atom. The highest BCUT2D eigenvalue weighted by molar-refractivity contribution is 7.89. The number of aromatic carboxylic acids is 1. The van der Waals surface area contributed by atoms with Crippen molar-refractivity contribution in [3.63, 3.8) is 0 Å². The molecule has 23 heavy (non-hydrogen) atoms.